The van der Waals surface area contributed by atoms with E-state index in [4.69, 9.17) is 0 Å². The molecule has 0 saturated heterocycles. The van der Waals surface area contributed by atoms with E-state index in [2.05, 4.69) is 17.5 Å². The lowest BCUT2D eigenvalue weighted by Crippen LogP contribution is -2.18. The zero-order valence-corrected chi connectivity index (χ0v) is 10.1. The van der Waals surface area contributed by atoms with Gasteiger partial charge in [-0.3, -0.25) is 4.79 Å². The van der Waals surface area contributed by atoms with Crippen molar-refractivity contribution in [3.63, 3.8) is 0 Å². The number of rotatable bonds is 4. The van der Waals surface area contributed by atoms with E-state index in [1.54, 1.807) is 12.1 Å². The lowest BCUT2D eigenvalue weighted by molar-refractivity contribution is 0.0954. The van der Waals surface area contributed by atoms with E-state index >= 15 is 0 Å². The SMILES string of the molecule is CCC/C(C)=N\NC(=O)c1ccc(C)cc1. The van der Waals surface area contributed by atoms with Crippen LogP contribution < -0.4 is 5.43 Å². The number of nitrogens with zero attached hydrogens (tertiary/aromatic N) is 1. The van der Waals surface area contributed by atoms with Crippen LogP contribution in [0.15, 0.2) is 29.4 Å². The van der Waals surface area contributed by atoms with Crippen LogP contribution in [0.4, 0.5) is 0 Å². The fourth-order valence-corrected chi connectivity index (χ4v) is 1.33. The lowest BCUT2D eigenvalue weighted by Gasteiger charge is -2.02. The van der Waals surface area contributed by atoms with Crippen LogP contribution in [-0.4, -0.2) is 11.6 Å². The average Bonchev–Trinajstić information content (AvgIpc) is 2.27. The van der Waals surface area contributed by atoms with Crippen LogP contribution in [0.3, 0.4) is 0 Å². The van der Waals surface area contributed by atoms with Crippen LogP contribution in [0.5, 0.6) is 0 Å². The highest BCUT2D eigenvalue weighted by molar-refractivity contribution is 5.95. The van der Waals surface area contributed by atoms with Gasteiger partial charge in [-0.2, -0.15) is 5.10 Å². The molecule has 0 aliphatic heterocycles. The van der Waals surface area contributed by atoms with Crippen molar-refractivity contribution in [3.8, 4) is 0 Å². The van der Waals surface area contributed by atoms with Crippen molar-refractivity contribution in [3.05, 3.63) is 35.4 Å². The molecule has 0 aliphatic carbocycles. The number of hydrogen-bond donors (Lipinski definition) is 1. The molecular weight excluding hydrogens is 200 g/mol. The fourth-order valence-electron chi connectivity index (χ4n) is 1.33. The Kier molecular flexibility index (Phi) is 4.70. The van der Waals surface area contributed by atoms with Crippen LogP contribution >= 0.6 is 0 Å². The van der Waals surface area contributed by atoms with Gasteiger partial charge in [0.05, 0.1) is 0 Å². The molecule has 3 heteroatoms. The van der Waals surface area contributed by atoms with Gasteiger partial charge in [-0.05, 0) is 32.4 Å². The molecule has 0 fully saturated rings. The number of benzene rings is 1. The predicted molar refractivity (Wildman–Crippen MR) is 66.7 cm³/mol. The summed E-state index contributed by atoms with van der Waals surface area (Å²) < 4.78 is 0. The predicted octanol–water partition coefficient (Wildman–Crippen LogP) is 2.90. The van der Waals surface area contributed by atoms with Gasteiger partial charge in [-0.25, -0.2) is 5.43 Å². The topological polar surface area (TPSA) is 41.5 Å². The van der Waals surface area contributed by atoms with E-state index in [1.807, 2.05) is 26.0 Å². The zero-order chi connectivity index (χ0) is 12.0. The molecule has 0 aromatic heterocycles. The zero-order valence-electron chi connectivity index (χ0n) is 10.1. The molecule has 3 nitrogen and oxygen atoms in total. The molecule has 1 N–H and O–H groups in total. The summed E-state index contributed by atoms with van der Waals surface area (Å²) in [6.07, 6.45) is 1.95. The van der Waals surface area contributed by atoms with Gasteiger partial charge in [-0.1, -0.05) is 31.0 Å². The molecule has 1 rings (SSSR count). The van der Waals surface area contributed by atoms with Gasteiger partial charge in [0.1, 0.15) is 0 Å². The minimum Gasteiger partial charge on any atom is -0.267 e. The maximum Gasteiger partial charge on any atom is 0.271 e. The molecule has 0 heterocycles. The normalized spacial score (nSPS) is 11.3. The van der Waals surface area contributed by atoms with Crippen molar-refractivity contribution in [2.45, 2.75) is 33.6 Å². The molecule has 0 unspecified atom stereocenters. The highest BCUT2D eigenvalue weighted by atomic mass is 16.2. The third-order valence-corrected chi connectivity index (χ3v) is 2.27. The van der Waals surface area contributed by atoms with Gasteiger partial charge in [-0.15, -0.1) is 0 Å². The second-order valence-corrected chi connectivity index (χ2v) is 3.90. The molecule has 0 aliphatic rings. The lowest BCUT2D eigenvalue weighted by atomic mass is 10.1. The molecule has 16 heavy (non-hydrogen) atoms. The largest absolute Gasteiger partial charge is 0.271 e. The smallest absolute Gasteiger partial charge is 0.267 e. The molecular formula is C13H18N2O. The number of amides is 1. The molecule has 0 radical (unpaired) electrons. The van der Waals surface area contributed by atoms with Crippen LogP contribution in [0.25, 0.3) is 0 Å². The average molecular weight is 218 g/mol. The molecule has 1 amide bonds. The summed E-state index contributed by atoms with van der Waals surface area (Å²) >= 11 is 0. The Morgan fingerprint density at radius 2 is 1.94 bits per heavy atom. The fraction of sp³-hybridized carbons (Fsp3) is 0.385. The number of hydrazone groups is 1. The second-order valence-electron chi connectivity index (χ2n) is 3.90. The molecule has 0 saturated carbocycles. The van der Waals surface area contributed by atoms with Crippen LogP contribution in [0.1, 0.15) is 42.6 Å². The summed E-state index contributed by atoms with van der Waals surface area (Å²) in [7, 11) is 0. The van der Waals surface area contributed by atoms with E-state index in [0.29, 0.717) is 5.56 Å². The van der Waals surface area contributed by atoms with E-state index in [1.165, 1.54) is 0 Å². The van der Waals surface area contributed by atoms with Gasteiger partial charge < -0.3 is 0 Å². The Bertz CT molecular complexity index is 379. The van der Waals surface area contributed by atoms with E-state index in [-0.39, 0.29) is 5.91 Å². The highest BCUT2D eigenvalue weighted by Crippen LogP contribution is 2.02. The first-order valence-corrected chi connectivity index (χ1v) is 5.53. The van der Waals surface area contributed by atoms with Crippen molar-refractivity contribution in [2.24, 2.45) is 5.10 Å². The Morgan fingerprint density at radius 3 is 2.50 bits per heavy atom. The molecule has 0 spiro atoms. The van der Waals surface area contributed by atoms with E-state index in [9.17, 15) is 4.79 Å². The minimum absolute atomic E-state index is 0.157. The summed E-state index contributed by atoms with van der Waals surface area (Å²) in [6.45, 7) is 5.99. The Hall–Kier alpha value is -1.64. The number of aryl methyl sites for hydroxylation is 1. The van der Waals surface area contributed by atoms with Crippen molar-refractivity contribution < 1.29 is 4.79 Å². The van der Waals surface area contributed by atoms with E-state index in [0.717, 1.165) is 24.1 Å². The molecule has 0 atom stereocenters. The number of carbonyl (C=O) groups excluding carboxylic acids is 1. The van der Waals surface area contributed by atoms with Crippen LogP contribution in [-0.2, 0) is 0 Å². The summed E-state index contributed by atoms with van der Waals surface area (Å²) in [5.74, 6) is -0.157. The molecule has 86 valence electrons. The minimum atomic E-state index is -0.157. The third kappa shape index (κ3) is 3.85. The maximum absolute atomic E-state index is 11.6. The van der Waals surface area contributed by atoms with Gasteiger partial charge >= 0.3 is 0 Å². The summed E-state index contributed by atoms with van der Waals surface area (Å²) in [4.78, 5) is 11.6. The number of carbonyl (C=O) groups is 1. The van der Waals surface area contributed by atoms with Gasteiger partial charge in [0.15, 0.2) is 0 Å². The van der Waals surface area contributed by atoms with Gasteiger partial charge in [0.2, 0.25) is 0 Å². The van der Waals surface area contributed by atoms with Crippen molar-refractivity contribution in [1.82, 2.24) is 5.43 Å². The Labute approximate surface area is 96.6 Å². The first-order valence-electron chi connectivity index (χ1n) is 5.53. The van der Waals surface area contributed by atoms with Crippen molar-refractivity contribution >= 4 is 11.6 Å². The summed E-state index contributed by atoms with van der Waals surface area (Å²) in [5, 5.41) is 4.03. The van der Waals surface area contributed by atoms with Gasteiger partial charge in [0, 0.05) is 11.3 Å². The molecule has 1 aromatic rings. The maximum atomic E-state index is 11.6. The first kappa shape index (κ1) is 12.4. The first-order chi connectivity index (χ1) is 7.63. The molecule has 0 bridgehead atoms. The second kappa shape index (κ2) is 6.05. The van der Waals surface area contributed by atoms with Gasteiger partial charge in [0.25, 0.3) is 5.91 Å². The monoisotopic (exact) mass is 218 g/mol. The quantitative estimate of drug-likeness (QED) is 0.612. The van der Waals surface area contributed by atoms with Crippen LogP contribution in [0.2, 0.25) is 0 Å². The Balaban J connectivity index is 2.59. The third-order valence-electron chi connectivity index (χ3n) is 2.27. The standard InChI is InChI=1S/C13H18N2O/c1-4-5-11(3)14-15-13(16)12-8-6-10(2)7-9-12/h6-9H,4-5H2,1-3H3,(H,15,16)/b14-11-. The number of nitrogens with one attached hydrogen (secondary N) is 1. The summed E-state index contributed by atoms with van der Waals surface area (Å²) in [6, 6.07) is 7.43. The molecule has 1 aromatic carbocycles. The van der Waals surface area contributed by atoms with Crippen LogP contribution in [0, 0.1) is 6.92 Å². The highest BCUT2D eigenvalue weighted by Gasteiger charge is 2.03. The summed E-state index contributed by atoms with van der Waals surface area (Å²) in [5.41, 5.74) is 5.28. The van der Waals surface area contributed by atoms with Crippen molar-refractivity contribution in [1.29, 1.82) is 0 Å². The Morgan fingerprint density at radius 1 is 1.31 bits per heavy atom. The number of hydrogen-bond acceptors (Lipinski definition) is 2. The van der Waals surface area contributed by atoms with E-state index < -0.39 is 0 Å². The van der Waals surface area contributed by atoms with Crippen molar-refractivity contribution in [2.75, 3.05) is 0 Å².